The molecule has 6 heteroatoms. The van der Waals surface area contributed by atoms with E-state index in [0.717, 1.165) is 5.56 Å². The van der Waals surface area contributed by atoms with Gasteiger partial charge in [-0.05, 0) is 44.0 Å². The highest BCUT2D eigenvalue weighted by molar-refractivity contribution is 7.89. The fourth-order valence-electron chi connectivity index (χ4n) is 2.13. The molecule has 1 aromatic carbocycles. The normalized spacial score (nSPS) is 13.3. The Morgan fingerprint density at radius 1 is 1.29 bits per heavy atom. The van der Waals surface area contributed by atoms with Gasteiger partial charge in [0, 0.05) is 6.54 Å². The highest BCUT2D eigenvalue weighted by Gasteiger charge is 2.17. The van der Waals surface area contributed by atoms with Gasteiger partial charge in [-0.25, -0.2) is 13.1 Å². The van der Waals surface area contributed by atoms with Gasteiger partial charge in [0.2, 0.25) is 10.0 Å². The minimum absolute atomic E-state index is 0.136. The third-order valence-corrected chi connectivity index (χ3v) is 4.82. The maximum Gasteiger partial charge on any atom is 0.240 e. The Balaban J connectivity index is 1.98. The van der Waals surface area contributed by atoms with Gasteiger partial charge in [0.05, 0.1) is 11.2 Å². The molecule has 0 amide bonds. The number of hydrogen-bond donors (Lipinski definition) is 2. The Morgan fingerprint density at radius 2 is 2.05 bits per heavy atom. The van der Waals surface area contributed by atoms with Crippen LogP contribution >= 0.6 is 0 Å². The van der Waals surface area contributed by atoms with E-state index in [1.165, 1.54) is 6.26 Å². The average Bonchev–Trinajstić information content (AvgIpc) is 2.91. The van der Waals surface area contributed by atoms with Gasteiger partial charge in [-0.3, -0.25) is 0 Å². The Hall–Kier alpha value is -1.63. The van der Waals surface area contributed by atoms with Crippen molar-refractivity contribution in [3.8, 4) is 0 Å². The van der Waals surface area contributed by atoms with Gasteiger partial charge in [-0.15, -0.1) is 0 Å². The molecule has 1 heterocycles. The quantitative estimate of drug-likeness (QED) is 0.858. The molecule has 1 unspecified atom stereocenters. The van der Waals surface area contributed by atoms with Crippen molar-refractivity contribution < 1.29 is 17.9 Å². The molecule has 2 N–H and O–H groups in total. The molecule has 2 rings (SSSR count). The summed E-state index contributed by atoms with van der Waals surface area (Å²) in [7, 11) is -3.56. The van der Waals surface area contributed by atoms with E-state index in [4.69, 9.17) is 4.42 Å². The van der Waals surface area contributed by atoms with Crippen LogP contribution in [0.25, 0.3) is 0 Å². The number of hydrogen-bond acceptors (Lipinski definition) is 4. The zero-order valence-corrected chi connectivity index (χ0v) is 12.9. The van der Waals surface area contributed by atoms with Gasteiger partial charge < -0.3 is 9.52 Å². The summed E-state index contributed by atoms with van der Waals surface area (Å²) >= 11 is 0. The van der Waals surface area contributed by atoms with Crippen LogP contribution in [0.5, 0.6) is 0 Å². The SMILES string of the molecule is Cc1ccc(S(=O)(=O)NCCC(O)c2ccco2)c(C)c1. The molecule has 5 nitrogen and oxygen atoms in total. The third-order valence-electron chi connectivity index (χ3n) is 3.20. The standard InChI is InChI=1S/C15H19NO4S/c1-11-5-6-15(12(2)10-11)21(18,19)16-8-7-13(17)14-4-3-9-20-14/h3-6,9-10,13,16-17H,7-8H2,1-2H3. The van der Waals surface area contributed by atoms with E-state index in [1.807, 2.05) is 13.0 Å². The monoisotopic (exact) mass is 309 g/mol. The van der Waals surface area contributed by atoms with Crippen molar-refractivity contribution in [3.63, 3.8) is 0 Å². The lowest BCUT2D eigenvalue weighted by Gasteiger charge is -2.11. The van der Waals surface area contributed by atoms with Crippen LogP contribution in [0.4, 0.5) is 0 Å². The molecule has 114 valence electrons. The van der Waals surface area contributed by atoms with Gasteiger partial charge in [0.15, 0.2) is 0 Å². The first-order chi connectivity index (χ1) is 9.90. The first-order valence-electron chi connectivity index (χ1n) is 6.68. The minimum Gasteiger partial charge on any atom is -0.467 e. The summed E-state index contributed by atoms with van der Waals surface area (Å²) < 4.78 is 32.0. The van der Waals surface area contributed by atoms with Crippen molar-refractivity contribution in [2.45, 2.75) is 31.3 Å². The molecule has 0 spiro atoms. The molecule has 2 aromatic rings. The molecule has 1 aromatic heterocycles. The fourth-order valence-corrected chi connectivity index (χ4v) is 3.40. The van der Waals surface area contributed by atoms with E-state index in [1.54, 1.807) is 31.2 Å². The number of sulfonamides is 1. The molecule has 0 aliphatic heterocycles. The van der Waals surface area contributed by atoms with Crippen LogP contribution in [-0.4, -0.2) is 20.1 Å². The maximum absolute atomic E-state index is 12.2. The van der Waals surface area contributed by atoms with Crippen LogP contribution < -0.4 is 4.72 Å². The largest absolute Gasteiger partial charge is 0.467 e. The Morgan fingerprint density at radius 3 is 2.67 bits per heavy atom. The van der Waals surface area contributed by atoms with Crippen LogP contribution in [0, 0.1) is 13.8 Å². The fraction of sp³-hybridized carbons (Fsp3) is 0.333. The topological polar surface area (TPSA) is 79.5 Å². The number of nitrogens with one attached hydrogen (secondary N) is 1. The maximum atomic E-state index is 12.2. The average molecular weight is 309 g/mol. The van der Waals surface area contributed by atoms with E-state index < -0.39 is 16.1 Å². The van der Waals surface area contributed by atoms with Crippen molar-refractivity contribution >= 4 is 10.0 Å². The molecule has 0 radical (unpaired) electrons. The lowest BCUT2D eigenvalue weighted by molar-refractivity contribution is 0.142. The van der Waals surface area contributed by atoms with Gasteiger partial charge in [0.1, 0.15) is 11.9 Å². The predicted molar refractivity (Wildman–Crippen MR) is 79.4 cm³/mol. The van der Waals surface area contributed by atoms with Gasteiger partial charge in [-0.2, -0.15) is 0 Å². The summed E-state index contributed by atoms with van der Waals surface area (Å²) in [5.41, 5.74) is 1.72. The number of aliphatic hydroxyl groups excluding tert-OH is 1. The summed E-state index contributed by atoms with van der Waals surface area (Å²) in [4.78, 5) is 0.264. The molecule has 0 saturated carbocycles. The molecule has 21 heavy (non-hydrogen) atoms. The number of aryl methyl sites for hydroxylation is 2. The third kappa shape index (κ3) is 3.93. The Labute approximate surface area is 124 Å². The summed E-state index contributed by atoms with van der Waals surface area (Å²) in [5.74, 6) is 0.431. The van der Waals surface area contributed by atoms with Crippen LogP contribution in [0.1, 0.15) is 29.4 Å². The highest BCUT2D eigenvalue weighted by Crippen LogP contribution is 2.18. The van der Waals surface area contributed by atoms with Crippen LogP contribution in [0.2, 0.25) is 0 Å². The molecule has 0 bridgehead atoms. The lowest BCUT2D eigenvalue weighted by Crippen LogP contribution is -2.26. The molecule has 1 atom stereocenters. The van der Waals surface area contributed by atoms with Crippen molar-refractivity contribution in [2.75, 3.05) is 6.54 Å². The number of aliphatic hydroxyl groups is 1. The van der Waals surface area contributed by atoms with Crippen molar-refractivity contribution in [3.05, 3.63) is 53.5 Å². The predicted octanol–water partition coefficient (Wildman–Crippen LogP) is 2.30. The molecule has 0 fully saturated rings. The first kappa shape index (κ1) is 15.8. The van der Waals surface area contributed by atoms with E-state index in [-0.39, 0.29) is 17.9 Å². The van der Waals surface area contributed by atoms with E-state index >= 15 is 0 Å². The lowest BCUT2D eigenvalue weighted by atomic mass is 10.2. The Bertz CT molecular complexity index is 692. The summed E-state index contributed by atoms with van der Waals surface area (Å²) in [6.45, 7) is 3.81. The second-order valence-corrected chi connectivity index (χ2v) is 6.72. The molecular formula is C15H19NO4S. The van der Waals surface area contributed by atoms with Crippen LogP contribution in [-0.2, 0) is 10.0 Å². The number of rotatable bonds is 6. The van der Waals surface area contributed by atoms with Gasteiger partial charge in [-0.1, -0.05) is 17.7 Å². The summed E-state index contributed by atoms with van der Waals surface area (Å²) in [5, 5.41) is 9.84. The Kier molecular flexibility index (Phi) is 4.82. The first-order valence-corrected chi connectivity index (χ1v) is 8.17. The second kappa shape index (κ2) is 6.43. The van der Waals surface area contributed by atoms with Gasteiger partial charge in [0.25, 0.3) is 0 Å². The highest BCUT2D eigenvalue weighted by atomic mass is 32.2. The van der Waals surface area contributed by atoms with Crippen LogP contribution in [0.3, 0.4) is 0 Å². The van der Waals surface area contributed by atoms with E-state index in [0.29, 0.717) is 11.3 Å². The number of furan rings is 1. The van der Waals surface area contributed by atoms with Crippen molar-refractivity contribution in [1.82, 2.24) is 4.72 Å². The molecule has 0 aliphatic rings. The van der Waals surface area contributed by atoms with Crippen LogP contribution in [0.15, 0.2) is 45.9 Å². The van der Waals surface area contributed by atoms with Gasteiger partial charge >= 0.3 is 0 Å². The molecule has 0 saturated heterocycles. The zero-order chi connectivity index (χ0) is 15.5. The van der Waals surface area contributed by atoms with E-state index in [2.05, 4.69) is 4.72 Å². The smallest absolute Gasteiger partial charge is 0.240 e. The molecular weight excluding hydrogens is 290 g/mol. The van der Waals surface area contributed by atoms with Crippen molar-refractivity contribution in [1.29, 1.82) is 0 Å². The summed E-state index contributed by atoms with van der Waals surface area (Å²) in [6, 6.07) is 8.52. The number of benzene rings is 1. The second-order valence-electron chi connectivity index (χ2n) is 4.99. The van der Waals surface area contributed by atoms with E-state index in [9.17, 15) is 13.5 Å². The zero-order valence-electron chi connectivity index (χ0n) is 12.0. The molecule has 0 aliphatic carbocycles. The minimum atomic E-state index is -3.56. The summed E-state index contributed by atoms with van der Waals surface area (Å²) in [6.07, 6.45) is 0.901. The van der Waals surface area contributed by atoms with Crippen molar-refractivity contribution in [2.24, 2.45) is 0 Å².